The number of nitrogens with zero attached hydrogens (tertiary/aromatic N) is 2. The molecule has 2 aromatic rings. The molecule has 6 nitrogen and oxygen atoms in total. The van der Waals surface area contributed by atoms with E-state index in [4.69, 9.17) is 19.9 Å². The molecule has 3 heterocycles. The Labute approximate surface area is 160 Å². The molecule has 0 radical (unpaired) electrons. The minimum Gasteiger partial charge on any atom is -0.493 e. The molecule has 2 aliphatic rings. The Morgan fingerprint density at radius 2 is 1.85 bits per heavy atom. The zero-order chi connectivity index (χ0) is 19.0. The number of piperidine rings is 1. The Morgan fingerprint density at radius 1 is 1.07 bits per heavy atom. The summed E-state index contributed by atoms with van der Waals surface area (Å²) in [6.07, 6.45) is 1.89. The first-order valence-corrected chi connectivity index (χ1v) is 9.40. The first-order chi connectivity index (χ1) is 13.1. The summed E-state index contributed by atoms with van der Waals surface area (Å²) in [4.78, 5) is 7.16. The van der Waals surface area contributed by atoms with Crippen LogP contribution in [0.2, 0.25) is 0 Å². The Bertz CT molecular complexity index is 826. The molecule has 3 atom stereocenters. The molecule has 3 unspecified atom stereocenters. The molecule has 2 N–H and O–H groups in total. The summed E-state index contributed by atoms with van der Waals surface area (Å²) < 4.78 is 16.3. The van der Waals surface area contributed by atoms with Crippen LogP contribution in [0.5, 0.6) is 17.4 Å². The molecule has 1 aromatic heterocycles. The Hall–Kier alpha value is -2.31. The molecule has 144 valence electrons. The molecule has 0 spiro atoms. The second kappa shape index (κ2) is 7.37. The van der Waals surface area contributed by atoms with Crippen LogP contribution in [0.4, 0.5) is 0 Å². The lowest BCUT2D eigenvalue weighted by molar-refractivity contribution is 0.108. The van der Waals surface area contributed by atoms with Crippen molar-refractivity contribution >= 4 is 0 Å². The maximum atomic E-state index is 6.63. The quantitative estimate of drug-likeness (QED) is 0.893. The fraction of sp³-hybridized carbons (Fsp3) is 0.476. The van der Waals surface area contributed by atoms with E-state index >= 15 is 0 Å². The highest BCUT2D eigenvalue weighted by atomic mass is 16.5. The predicted octanol–water partition coefficient (Wildman–Crippen LogP) is 2.52. The van der Waals surface area contributed by atoms with E-state index in [1.54, 1.807) is 21.3 Å². The third kappa shape index (κ3) is 3.24. The average molecular weight is 369 g/mol. The normalized spacial score (nSPS) is 24.7. The van der Waals surface area contributed by atoms with Crippen LogP contribution in [0.1, 0.15) is 35.2 Å². The van der Waals surface area contributed by atoms with E-state index in [2.05, 4.69) is 28.1 Å². The van der Waals surface area contributed by atoms with Gasteiger partial charge >= 0.3 is 0 Å². The molecule has 6 heteroatoms. The molecular formula is C21H27N3O3. The molecule has 0 aliphatic carbocycles. The maximum absolute atomic E-state index is 6.63. The number of fused-ring (bicyclic) bond motifs is 3. The largest absolute Gasteiger partial charge is 0.493 e. The Balaban J connectivity index is 1.63. The number of pyridine rings is 1. The van der Waals surface area contributed by atoms with Gasteiger partial charge in [-0.3, -0.25) is 4.90 Å². The third-order valence-corrected chi connectivity index (χ3v) is 5.89. The van der Waals surface area contributed by atoms with Crippen molar-refractivity contribution in [3.05, 3.63) is 47.2 Å². The fourth-order valence-electron chi connectivity index (χ4n) is 4.45. The van der Waals surface area contributed by atoms with Crippen molar-refractivity contribution in [2.24, 2.45) is 5.73 Å². The van der Waals surface area contributed by atoms with Gasteiger partial charge in [0.15, 0.2) is 11.5 Å². The molecule has 0 saturated carbocycles. The highest BCUT2D eigenvalue weighted by molar-refractivity contribution is 5.49. The van der Waals surface area contributed by atoms with Gasteiger partial charge in [-0.1, -0.05) is 6.07 Å². The minimum absolute atomic E-state index is 0.0462. The second-order valence-corrected chi connectivity index (χ2v) is 7.28. The van der Waals surface area contributed by atoms with Gasteiger partial charge in [0.05, 0.1) is 27.0 Å². The number of rotatable bonds is 4. The maximum Gasteiger partial charge on any atom is 0.213 e. The molecule has 4 rings (SSSR count). The zero-order valence-electron chi connectivity index (χ0n) is 16.1. The van der Waals surface area contributed by atoms with Crippen molar-refractivity contribution < 1.29 is 14.2 Å². The van der Waals surface area contributed by atoms with E-state index in [0.29, 0.717) is 11.9 Å². The number of aromatic nitrogens is 1. The van der Waals surface area contributed by atoms with Crippen molar-refractivity contribution in [1.82, 2.24) is 9.88 Å². The molecule has 27 heavy (non-hydrogen) atoms. The van der Waals surface area contributed by atoms with Crippen LogP contribution < -0.4 is 19.9 Å². The minimum atomic E-state index is 0.0462. The number of hydrogen-bond donors (Lipinski definition) is 1. The van der Waals surface area contributed by atoms with Gasteiger partial charge in [0.1, 0.15) is 0 Å². The summed E-state index contributed by atoms with van der Waals surface area (Å²) in [7, 11) is 5.01. The number of hydrogen-bond acceptors (Lipinski definition) is 6. The van der Waals surface area contributed by atoms with Gasteiger partial charge < -0.3 is 19.9 Å². The second-order valence-electron chi connectivity index (χ2n) is 7.28. The third-order valence-electron chi connectivity index (χ3n) is 5.89. The van der Waals surface area contributed by atoms with Gasteiger partial charge in [-0.2, -0.15) is 0 Å². The van der Waals surface area contributed by atoms with Gasteiger partial charge in [0.2, 0.25) is 5.88 Å². The van der Waals surface area contributed by atoms with Crippen LogP contribution >= 0.6 is 0 Å². The monoisotopic (exact) mass is 369 g/mol. The van der Waals surface area contributed by atoms with Gasteiger partial charge in [0.25, 0.3) is 0 Å². The zero-order valence-corrected chi connectivity index (χ0v) is 16.1. The fourth-order valence-corrected chi connectivity index (χ4v) is 4.45. The summed E-state index contributed by atoms with van der Waals surface area (Å²) in [5, 5.41) is 0. The lowest BCUT2D eigenvalue weighted by Crippen LogP contribution is -2.50. The Morgan fingerprint density at radius 3 is 2.59 bits per heavy atom. The molecule has 0 bridgehead atoms. The highest BCUT2D eigenvalue weighted by Gasteiger charge is 2.39. The predicted molar refractivity (Wildman–Crippen MR) is 104 cm³/mol. The van der Waals surface area contributed by atoms with Crippen molar-refractivity contribution in [1.29, 1.82) is 0 Å². The summed E-state index contributed by atoms with van der Waals surface area (Å²) in [6, 6.07) is 10.5. The first-order valence-electron chi connectivity index (χ1n) is 9.40. The van der Waals surface area contributed by atoms with Crippen molar-refractivity contribution in [2.45, 2.75) is 30.8 Å². The highest BCUT2D eigenvalue weighted by Crippen LogP contribution is 2.44. The van der Waals surface area contributed by atoms with Gasteiger partial charge in [-0.25, -0.2) is 4.98 Å². The molecule has 1 aromatic carbocycles. The molecule has 1 fully saturated rings. The van der Waals surface area contributed by atoms with E-state index in [1.165, 1.54) is 11.1 Å². The van der Waals surface area contributed by atoms with Crippen molar-refractivity contribution in [3.63, 3.8) is 0 Å². The lowest BCUT2D eigenvalue weighted by atomic mass is 9.79. The van der Waals surface area contributed by atoms with E-state index in [-0.39, 0.29) is 12.0 Å². The van der Waals surface area contributed by atoms with Gasteiger partial charge in [-0.05, 0) is 42.2 Å². The first kappa shape index (κ1) is 18.1. The van der Waals surface area contributed by atoms with Crippen LogP contribution in [0, 0.1) is 0 Å². The van der Waals surface area contributed by atoms with Gasteiger partial charge in [-0.15, -0.1) is 0 Å². The van der Waals surface area contributed by atoms with Crippen LogP contribution in [0.25, 0.3) is 0 Å². The van der Waals surface area contributed by atoms with Gasteiger partial charge in [0, 0.05) is 37.2 Å². The number of ether oxygens (including phenoxy) is 3. The van der Waals surface area contributed by atoms with Crippen molar-refractivity contribution in [3.8, 4) is 17.4 Å². The summed E-state index contributed by atoms with van der Waals surface area (Å²) in [5.74, 6) is 2.42. The smallest absolute Gasteiger partial charge is 0.213 e. The van der Waals surface area contributed by atoms with Crippen LogP contribution in [-0.4, -0.2) is 50.3 Å². The summed E-state index contributed by atoms with van der Waals surface area (Å²) in [6.45, 7) is 1.92. The number of methoxy groups -OCH3 is 3. The average Bonchev–Trinajstić information content (AvgIpc) is 2.72. The van der Waals surface area contributed by atoms with Crippen LogP contribution in [0.15, 0.2) is 30.3 Å². The Kier molecular flexibility index (Phi) is 4.93. The van der Waals surface area contributed by atoms with E-state index < -0.39 is 0 Å². The SMILES string of the molecule is COc1cccc(C2CN3CCc4cc(OC)c(OC)cc4C3CC2N)n1. The van der Waals surface area contributed by atoms with Crippen LogP contribution in [0.3, 0.4) is 0 Å². The summed E-state index contributed by atoms with van der Waals surface area (Å²) in [5.41, 5.74) is 10.3. The van der Waals surface area contributed by atoms with E-state index in [1.807, 2.05) is 12.1 Å². The number of nitrogens with two attached hydrogens (primary N) is 1. The molecular weight excluding hydrogens is 342 g/mol. The molecule has 1 saturated heterocycles. The standard InChI is InChI=1S/C21H27N3O3/c1-25-19-9-13-7-8-24-12-15(17-5-4-6-21(23-17)27-3)16(22)11-18(24)14(13)10-20(19)26-2/h4-6,9-10,15-16,18H,7-8,11-12,22H2,1-3H3. The summed E-state index contributed by atoms with van der Waals surface area (Å²) >= 11 is 0. The lowest BCUT2D eigenvalue weighted by Gasteiger charge is -2.46. The number of benzene rings is 1. The van der Waals surface area contributed by atoms with E-state index in [9.17, 15) is 0 Å². The van der Waals surface area contributed by atoms with E-state index in [0.717, 1.165) is 43.1 Å². The molecule has 0 amide bonds. The topological polar surface area (TPSA) is 69.8 Å². The van der Waals surface area contributed by atoms with Crippen LogP contribution in [-0.2, 0) is 6.42 Å². The molecule has 2 aliphatic heterocycles. The van der Waals surface area contributed by atoms with Crippen molar-refractivity contribution in [2.75, 3.05) is 34.4 Å².